The summed E-state index contributed by atoms with van der Waals surface area (Å²) in [5, 5.41) is 0. The van der Waals surface area contributed by atoms with Gasteiger partial charge in [0.2, 0.25) is 0 Å². The van der Waals surface area contributed by atoms with Gasteiger partial charge in [-0.05, 0) is 38.1 Å². The third kappa shape index (κ3) is 4.32. The molecular weight excluding hydrogens is 366 g/mol. The third-order valence-electron chi connectivity index (χ3n) is 4.75. The molecule has 6 nitrogen and oxygen atoms in total. The van der Waals surface area contributed by atoms with Gasteiger partial charge in [0.1, 0.15) is 11.6 Å². The molecule has 2 aromatic carbocycles. The largest absolute Gasteiger partial charge is 0.490 e. The summed E-state index contributed by atoms with van der Waals surface area (Å²) >= 11 is 0. The molecule has 3 aromatic rings. The van der Waals surface area contributed by atoms with Crippen LogP contribution in [-0.2, 0) is 9.53 Å². The number of benzene rings is 2. The van der Waals surface area contributed by atoms with Crippen molar-refractivity contribution >= 4 is 28.6 Å². The number of hydrogen-bond acceptors (Lipinski definition) is 4. The van der Waals surface area contributed by atoms with Gasteiger partial charge >= 0.3 is 0 Å². The van der Waals surface area contributed by atoms with Crippen LogP contribution in [0.3, 0.4) is 0 Å². The lowest BCUT2D eigenvalue weighted by Crippen LogP contribution is -2.41. The standard InChI is InChI=1S/C23H25N3O3/c1-16(2)29-21-10-6-3-7-17(21)15-18(23(27)26-11-13-28-14-12-26)22-24-19-8-4-5-9-20(19)25-22/h3-10,15-16H,11-14H2,1-2H3,(H,24,25)/b18-15+. The number of hydrogen-bond donors (Lipinski definition) is 1. The van der Waals surface area contributed by atoms with Crippen LogP contribution in [0.15, 0.2) is 48.5 Å². The number of fused-ring (bicyclic) bond motifs is 1. The van der Waals surface area contributed by atoms with Gasteiger partial charge in [-0.25, -0.2) is 4.98 Å². The molecule has 150 valence electrons. The second-order valence-corrected chi connectivity index (χ2v) is 7.27. The Kier molecular flexibility index (Phi) is 5.62. The highest BCUT2D eigenvalue weighted by molar-refractivity contribution is 6.23. The Morgan fingerprint density at radius 1 is 1.14 bits per heavy atom. The number of ether oxygens (including phenoxy) is 2. The highest BCUT2D eigenvalue weighted by Crippen LogP contribution is 2.27. The summed E-state index contributed by atoms with van der Waals surface area (Å²) < 4.78 is 11.4. The predicted molar refractivity (Wildman–Crippen MR) is 114 cm³/mol. The number of amides is 1. The van der Waals surface area contributed by atoms with Gasteiger partial charge in [0, 0.05) is 18.7 Å². The SMILES string of the molecule is CC(C)Oc1ccccc1/C=C(/C(=O)N1CCOCC1)c1nc2ccccc2[nH]1. The van der Waals surface area contributed by atoms with E-state index in [-0.39, 0.29) is 12.0 Å². The molecule has 0 radical (unpaired) electrons. The van der Waals surface area contributed by atoms with E-state index in [1.54, 1.807) is 0 Å². The maximum atomic E-state index is 13.4. The minimum absolute atomic E-state index is 0.0362. The normalized spacial score (nSPS) is 15.1. The zero-order valence-electron chi connectivity index (χ0n) is 16.7. The number of carbonyl (C=O) groups excluding carboxylic acids is 1. The molecule has 1 aromatic heterocycles. The Morgan fingerprint density at radius 2 is 1.86 bits per heavy atom. The lowest BCUT2D eigenvalue weighted by molar-refractivity contribution is -0.128. The minimum atomic E-state index is -0.0632. The van der Waals surface area contributed by atoms with Gasteiger partial charge in [0.15, 0.2) is 0 Å². The number of aromatic nitrogens is 2. The van der Waals surface area contributed by atoms with E-state index in [0.29, 0.717) is 37.7 Å². The van der Waals surface area contributed by atoms with Crippen molar-refractivity contribution in [3.63, 3.8) is 0 Å². The van der Waals surface area contributed by atoms with Crippen LogP contribution >= 0.6 is 0 Å². The van der Waals surface area contributed by atoms with E-state index in [2.05, 4.69) is 9.97 Å². The second kappa shape index (κ2) is 8.49. The molecular formula is C23H25N3O3. The molecule has 2 heterocycles. The molecule has 0 aliphatic carbocycles. The van der Waals surface area contributed by atoms with E-state index in [1.807, 2.05) is 73.4 Å². The molecule has 0 saturated carbocycles. The van der Waals surface area contributed by atoms with E-state index in [1.165, 1.54) is 0 Å². The van der Waals surface area contributed by atoms with Crippen LogP contribution in [0.2, 0.25) is 0 Å². The average Bonchev–Trinajstić information content (AvgIpc) is 3.17. The average molecular weight is 391 g/mol. The van der Waals surface area contributed by atoms with Crippen molar-refractivity contribution in [1.29, 1.82) is 0 Å². The summed E-state index contributed by atoms with van der Waals surface area (Å²) in [5.74, 6) is 1.24. The smallest absolute Gasteiger partial charge is 0.257 e. The Morgan fingerprint density at radius 3 is 2.62 bits per heavy atom. The first-order valence-electron chi connectivity index (χ1n) is 9.91. The van der Waals surface area contributed by atoms with Crippen LogP contribution in [0, 0.1) is 0 Å². The van der Waals surface area contributed by atoms with E-state index in [4.69, 9.17) is 9.47 Å². The monoisotopic (exact) mass is 391 g/mol. The van der Waals surface area contributed by atoms with Crippen LogP contribution in [0.25, 0.3) is 22.7 Å². The number of rotatable bonds is 5. The van der Waals surface area contributed by atoms with Crippen LogP contribution in [0.4, 0.5) is 0 Å². The number of imidazole rings is 1. The highest BCUT2D eigenvalue weighted by atomic mass is 16.5. The van der Waals surface area contributed by atoms with Gasteiger partial charge < -0.3 is 19.4 Å². The predicted octanol–water partition coefficient (Wildman–Crippen LogP) is 3.75. The summed E-state index contributed by atoms with van der Waals surface area (Å²) in [5.41, 5.74) is 3.09. The van der Waals surface area contributed by atoms with Crippen molar-refractivity contribution in [2.24, 2.45) is 0 Å². The van der Waals surface area contributed by atoms with E-state index in [9.17, 15) is 4.79 Å². The zero-order chi connectivity index (χ0) is 20.2. The quantitative estimate of drug-likeness (QED) is 0.673. The van der Waals surface area contributed by atoms with Crippen molar-refractivity contribution in [1.82, 2.24) is 14.9 Å². The Balaban J connectivity index is 1.80. The van der Waals surface area contributed by atoms with Crippen molar-refractivity contribution in [3.05, 3.63) is 59.9 Å². The topological polar surface area (TPSA) is 67.4 Å². The maximum Gasteiger partial charge on any atom is 0.257 e. The molecule has 4 rings (SSSR count). The molecule has 1 amide bonds. The number of H-pyrrole nitrogens is 1. The molecule has 0 atom stereocenters. The Hall–Kier alpha value is -3.12. The molecule has 6 heteroatoms. The Labute approximate surface area is 170 Å². The maximum absolute atomic E-state index is 13.4. The van der Waals surface area contributed by atoms with Gasteiger partial charge in [-0.1, -0.05) is 30.3 Å². The summed E-state index contributed by atoms with van der Waals surface area (Å²) in [4.78, 5) is 23.2. The van der Waals surface area contributed by atoms with Crippen LogP contribution in [0.1, 0.15) is 25.2 Å². The van der Waals surface area contributed by atoms with Crippen molar-refractivity contribution in [2.45, 2.75) is 20.0 Å². The van der Waals surface area contributed by atoms with Gasteiger partial charge in [-0.3, -0.25) is 4.79 Å². The second-order valence-electron chi connectivity index (χ2n) is 7.27. The van der Waals surface area contributed by atoms with Crippen LogP contribution in [0.5, 0.6) is 5.75 Å². The van der Waals surface area contributed by atoms with Gasteiger partial charge in [-0.2, -0.15) is 0 Å². The fraction of sp³-hybridized carbons (Fsp3) is 0.304. The van der Waals surface area contributed by atoms with Crippen LogP contribution in [-0.4, -0.2) is 53.2 Å². The molecule has 1 fully saturated rings. The molecule has 0 bridgehead atoms. The fourth-order valence-electron chi connectivity index (χ4n) is 3.37. The molecule has 29 heavy (non-hydrogen) atoms. The number of aromatic amines is 1. The van der Waals surface area contributed by atoms with Gasteiger partial charge in [0.05, 0.1) is 35.9 Å². The summed E-state index contributed by atoms with van der Waals surface area (Å²) in [6, 6.07) is 15.5. The Bertz CT molecular complexity index is 1000. The number of para-hydroxylation sites is 3. The first-order valence-corrected chi connectivity index (χ1v) is 9.91. The zero-order valence-corrected chi connectivity index (χ0v) is 16.7. The number of nitrogens with zero attached hydrogens (tertiary/aromatic N) is 2. The van der Waals surface area contributed by atoms with Gasteiger partial charge in [-0.15, -0.1) is 0 Å². The molecule has 1 saturated heterocycles. The molecule has 1 aliphatic heterocycles. The minimum Gasteiger partial charge on any atom is -0.490 e. The first-order chi connectivity index (χ1) is 14.1. The fourth-order valence-corrected chi connectivity index (χ4v) is 3.37. The van der Waals surface area contributed by atoms with Crippen LogP contribution < -0.4 is 4.74 Å². The number of morpholine rings is 1. The van der Waals surface area contributed by atoms with Crippen molar-refractivity contribution in [2.75, 3.05) is 26.3 Å². The lowest BCUT2D eigenvalue weighted by atomic mass is 10.1. The lowest BCUT2D eigenvalue weighted by Gasteiger charge is -2.27. The highest BCUT2D eigenvalue weighted by Gasteiger charge is 2.24. The van der Waals surface area contributed by atoms with Gasteiger partial charge in [0.25, 0.3) is 5.91 Å². The van der Waals surface area contributed by atoms with E-state index >= 15 is 0 Å². The number of carbonyl (C=O) groups is 1. The van der Waals surface area contributed by atoms with Crippen molar-refractivity contribution < 1.29 is 14.3 Å². The third-order valence-corrected chi connectivity index (χ3v) is 4.75. The summed E-state index contributed by atoms with van der Waals surface area (Å²) in [6.45, 7) is 6.21. The summed E-state index contributed by atoms with van der Waals surface area (Å²) in [6.07, 6.45) is 1.90. The van der Waals surface area contributed by atoms with E-state index in [0.717, 1.165) is 22.3 Å². The van der Waals surface area contributed by atoms with Crippen molar-refractivity contribution in [3.8, 4) is 5.75 Å². The number of nitrogens with one attached hydrogen (secondary N) is 1. The molecule has 1 aliphatic rings. The summed E-state index contributed by atoms with van der Waals surface area (Å²) in [7, 11) is 0. The molecule has 1 N–H and O–H groups in total. The molecule has 0 unspecified atom stereocenters. The first kappa shape index (κ1) is 19.2. The van der Waals surface area contributed by atoms with E-state index < -0.39 is 0 Å². The molecule has 0 spiro atoms.